The summed E-state index contributed by atoms with van der Waals surface area (Å²) in [6.45, 7) is 3.42. The zero-order valence-corrected chi connectivity index (χ0v) is 10.6. The van der Waals surface area contributed by atoms with Gasteiger partial charge in [-0.3, -0.25) is 4.79 Å². The van der Waals surface area contributed by atoms with E-state index in [1.165, 1.54) is 11.8 Å². The van der Waals surface area contributed by atoms with Crippen LogP contribution < -0.4 is 5.32 Å². The van der Waals surface area contributed by atoms with Gasteiger partial charge in [0.05, 0.1) is 0 Å². The SMILES string of the molecule is Cn1nnnc1SCCC(=O)N1CCNCC1. The minimum atomic E-state index is 0.217. The third-order valence-electron chi connectivity index (χ3n) is 2.60. The van der Waals surface area contributed by atoms with Crippen molar-refractivity contribution in [3.05, 3.63) is 0 Å². The second-order valence-electron chi connectivity index (χ2n) is 3.81. The molecule has 1 fully saturated rings. The van der Waals surface area contributed by atoms with Crippen molar-refractivity contribution in [3.63, 3.8) is 0 Å². The summed E-state index contributed by atoms with van der Waals surface area (Å²) < 4.78 is 1.61. The molecule has 0 aliphatic carbocycles. The molecule has 1 N–H and O–H groups in total. The molecular weight excluding hydrogens is 240 g/mol. The molecule has 2 rings (SSSR count). The van der Waals surface area contributed by atoms with E-state index in [0.29, 0.717) is 6.42 Å². The largest absolute Gasteiger partial charge is 0.340 e. The topological polar surface area (TPSA) is 75.9 Å². The lowest BCUT2D eigenvalue weighted by atomic mass is 10.3. The molecule has 2 heterocycles. The average Bonchev–Trinajstić information content (AvgIpc) is 2.76. The van der Waals surface area contributed by atoms with Gasteiger partial charge in [-0.25, -0.2) is 4.68 Å². The highest BCUT2D eigenvalue weighted by molar-refractivity contribution is 7.99. The van der Waals surface area contributed by atoms with Crippen LogP contribution in [0.5, 0.6) is 0 Å². The van der Waals surface area contributed by atoms with Crippen molar-refractivity contribution in [2.24, 2.45) is 7.05 Å². The third-order valence-corrected chi connectivity index (χ3v) is 3.61. The van der Waals surface area contributed by atoms with E-state index in [1.807, 2.05) is 4.90 Å². The summed E-state index contributed by atoms with van der Waals surface area (Å²) in [7, 11) is 1.79. The first-order valence-corrected chi connectivity index (χ1v) is 6.59. The van der Waals surface area contributed by atoms with Crippen LogP contribution in [0.4, 0.5) is 0 Å². The summed E-state index contributed by atoms with van der Waals surface area (Å²) in [5, 5.41) is 15.1. The van der Waals surface area contributed by atoms with Gasteiger partial charge >= 0.3 is 0 Å². The molecule has 0 saturated carbocycles. The predicted molar refractivity (Wildman–Crippen MR) is 63.6 cm³/mol. The normalized spacial score (nSPS) is 16.2. The van der Waals surface area contributed by atoms with Crippen molar-refractivity contribution in [2.45, 2.75) is 11.6 Å². The van der Waals surface area contributed by atoms with Crippen LogP contribution in [0.2, 0.25) is 0 Å². The van der Waals surface area contributed by atoms with Gasteiger partial charge in [-0.15, -0.1) is 5.10 Å². The van der Waals surface area contributed by atoms with Gasteiger partial charge in [0.2, 0.25) is 11.1 Å². The van der Waals surface area contributed by atoms with Crippen LogP contribution in [0.25, 0.3) is 0 Å². The fourth-order valence-electron chi connectivity index (χ4n) is 1.65. The molecule has 0 spiro atoms. The summed E-state index contributed by atoms with van der Waals surface area (Å²) in [5.41, 5.74) is 0. The Hall–Kier alpha value is -1.15. The summed E-state index contributed by atoms with van der Waals surface area (Å²) in [6.07, 6.45) is 0.539. The van der Waals surface area contributed by atoms with Crippen molar-refractivity contribution >= 4 is 17.7 Å². The van der Waals surface area contributed by atoms with E-state index >= 15 is 0 Å². The molecule has 1 aromatic heterocycles. The molecule has 17 heavy (non-hydrogen) atoms. The molecular formula is C9H16N6OS. The summed E-state index contributed by atoms with van der Waals surface area (Å²) in [6, 6.07) is 0. The fraction of sp³-hybridized carbons (Fsp3) is 0.778. The van der Waals surface area contributed by atoms with E-state index < -0.39 is 0 Å². The molecule has 0 bridgehead atoms. The number of hydrogen-bond acceptors (Lipinski definition) is 6. The average molecular weight is 256 g/mol. The Bertz CT molecular complexity index is 375. The molecule has 0 atom stereocenters. The number of tetrazole rings is 1. The number of rotatable bonds is 4. The lowest BCUT2D eigenvalue weighted by Crippen LogP contribution is -2.46. The molecule has 1 aliphatic rings. The molecule has 0 aromatic carbocycles. The maximum Gasteiger partial charge on any atom is 0.223 e. The molecule has 1 saturated heterocycles. The van der Waals surface area contributed by atoms with E-state index in [4.69, 9.17) is 0 Å². The first-order valence-electron chi connectivity index (χ1n) is 5.61. The number of amides is 1. The van der Waals surface area contributed by atoms with E-state index in [0.717, 1.165) is 37.1 Å². The molecule has 8 heteroatoms. The molecule has 1 aliphatic heterocycles. The van der Waals surface area contributed by atoms with Crippen molar-refractivity contribution < 1.29 is 4.79 Å². The quantitative estimate of drug-likeness (QED) is 0.705. The number of piperazine rings is 1. The maximum atomic E-state index is 11.8. The number of hydrogen-bond donors (Lipinski definition) is 1. The fourth-order valence-corrected chi connectivity index (χ4v) is 2.42. The summed E-state index contributed by atoms with van der Waals surface area (Å²) in [5.74, 6) is 0.936. The number of carbonyl (C=O) groups excluding carboxylic acids is 1. The Balaban J connectivity index is 1.71. The Labute approximate surface area is 104 Å². The predicted octanol–water partition coefficient (Wildman–Crippen LogP) is -0.876. The van der Waals surface area contributed by atoms with E-state index in [-0.39, 0.29) is 5.91 Å². The van der Waals surface area contributed by atoms with Gasteiger partial charge < -0.3 is 10.2 Å². The van der Waals surface area contributed by atoms with Gasteiger partial charge in [-0.05, 0) is 10.4 Å². The minimum absolute atomic E-state index is 0.217. The second kappa shape index (κ2) is 5.97. The Morgan fingerprint density at radius 3 is 2.88 bits per heavy atom. The zero-order valence-electron chi connectivity index (χ0n) is 9.80. The van der Waals surface area contributed by atoms with Crippen molar-refractivity contribution in [1.29, 1.82) is 0 Å². The first-order chi connectivity index (χ1) is 8.27. The van der Waals surface area contributed by atoms with Gasteiger partial charge in [0.25, 0.3) is 0 Å². The Morgan fingerprint density at radius 2 is 2.24 bits per heavy atom. The van der Waals surface area contributed by atoms with Crippen LogP contribution in [0.3, 0.4) is 0 Å². The Morgan fingerprint density at radius 1 is 1.47 bits per heavy atom. The summed E-state index contributed by atoms with van der Waals surface area (Å²) in [4.78, 5) is 13.7. The highest BCUT2D eigenvalue weighted by atomic mass is 32.2. The number of aryl methyl sites for hydroxylation is 1. The first kappa shape index (κ1) is 12.3. The van der Waals surface area contributed by atoms with Crippen LogP contribution in [0, 0.1) is 0 Å². The lowest BCUT2D eigenvalue weighted by molar-refractivity contribution is -0.131. The van der Waals surface area contributed by atoms with Gasteiger partial charge in [0, 0.05) is 45.4 Å². The number of carbonyl (C=O) groups is 1. The number of aromatic nitrogens is 4. The highest BCUT2D eigenvalue weighted by Crippen LogP contribution is 2.14. The van der Waals surface area contributed by atoms with Gasteiger partial charge in [-0.2, -0.15) is 0 Å². The molecule has 0 radical (unpaired) electrons. The monoisotopic (exact) mass is 256 g/mol. The zero-order chi connectivity index (χ0) is 12.1. The maximum absolute atomic E-state index is 11.8. The van der Waals surface area contributed by atoms with Crippen molar-refractivity contribution in [1.82, 2.24) is 30.4 Å². The third kappa shape index (κ3) is 3.40. The minimum Gasteiger partial charge on any atom is -0.340 e. The molecule has 7 nitrogen and oxygen atoms in total. The van der Waals surface area contributed by atoms with Crippen molar-refractivity contribution in [2.75, 3.05) is 31.9 Å². The molecule has 1 aromatic rings. The molecule has 94 valence electrons. The van der Waals surface area contributed by atoms with E-state index in [2.05, 4.69) is 20.8 Å². The second-order valence-corrected chi connectivity index (χ2v) is 4.88. The number of thioether (sulfide) groups is 1. The van der Waals surface area contributed by atoms with E-state index in [1.54, 1.807) is 11.7 Å². The van der Waals surface area contributed by atoms with Crippen LogP contribution in [0.1, 0.15) is 6.42 Å². The number of nitrogens with zero attached hydrogens (tertiary/aromatic N) is 5. The van der Waals surface area contributed by atoms with Crippen LogP contribution in [-0.4, -0.2) is 62.9 Å². The molecule has 0 unspecified atom stereocenters. The number of nitrogens with one attached hydrogen (secondary N) is 1. The smallest absolute Gasteiger partial charge is 0.223 e. The van der Waals surface area contributed by atoms with Gasteiger partial charge in [0.15, 0.2) is 0 Å². The van der Waals surface area contributed by atoms with Crippen molar-refractivity contribution in [3.8, 4) is 0 Å². The summed E-state index contributed by atoms with van der Waals surface area (Å²) >= 11 is 1.51. The molecule has 1 amide bonds. The highest BCUT2D eigenvalue weighted by Gasteiger charge is 2.15. The van der Waals surface area contributed by atoms with Crippen LogP contribution in [-0.2, 0) is 11.8 Å². The van der Waals surface area contributed by atoms with Gasteiger partial charge in [-0.1, -0.05) is 11.8 Å². The lowest BCUT2D eigenvalue weighted by Gasteiger charge is -2.27. The van der Waals surface area contributed by atoms with Crippen LogP contribution in [0.15, 0.2) is 5.16 Å². The van der Waals surface area contributed by atoms with Crippen LogP contribution >= 0.6 is 11.8 Å². The Kier molecular flexibility index (Phi) is 4.32. The van der Waals surface area contributed by atoms with E-state index in [9.17, 15) is 4.79 Å². The van der Waals surface area contributed by atoms with Gasteiger partial charge in [0.1, 0.15) is 0 Å². The standard InChI is InChI=1S/C9H16N6OS/c1-14-9(11-12-13-14)17-7-2-8(16)15-5-3-10-4-6-15/h10H,2-7H2,1H3.